The van der Waals surface area contributed by atoms with Gasteiger partial charge in [-0.15, -0.1) is 0 Å². The molecule has 1 heterocycles. The molecule has 2 aromatic rings. The summed E-state index contributed by atoms with van der Waals surface area (Å²) in [6.45, 7) is 5.10. The average molecular weight is 254 g/mol. The lowest BCUT2D eigenvalue weighted by atomic mass is 9.90. The van der Waals surface area contributed by atoms with E-state index in [4.69, 9.17) is 5.73 Å². The Hall–Kier alpha value is -1.67. The van der Waals surface area contributed by atoms with E-state index in [1.807, 2.05) is 12.4 Å². The summed E-state index contributed by atoms with van der Waals surface area (Å²) in [5.74, 6) is 0.953. The maximum absolute atomic E-state index is 5.93. The molecule has 0 aliphatic carbocycles. The minimum atomic E-state index is 0.378. The molecule has 100 valence electrons. The van der Waals surface area contributed by atoms with Crippen molar-refractivity contribution in [3.05, 3.63) is 65.5 Å². The standard InChI is InChI=1S/C17H22N2/c1-13(2)15-3-5-16(6-4-15)17(12-18)11-14-7-9-19-10-8-14/h3-10,13,17H,11-12,18H2,1-2H3. The summed E-state index contributed by atoms with van der Waals surface area (Å²) in [6.07, 6.45) is 4.65. The molecule has 2 rings (SSSR count). The van der Waals surface area contributed by atoms with E-state index in [0.717, 1.165) is 6.42 Å². The van der Waals surface area contributed by atoms with Gasteiger partial charge < -0.3 is 5.73 Å². The average Bonchev–Trinajstić information content (AvgIpc) is 2.46. The molecule has 1 aromatic carbocycles. The SMILES string of the molecule is CC(C)c1ccc(C(CN)Cc2ccncc2)cc1. The van der Waals surface area contributed by atoms with E-state index in [-0.39, 0.29) is 0 Å². The minimum absolute atomic E-state index is 0.378. The van der Waals surface area contributed by atoms with Gasteiger partial charge in [-0.1, -0.05) is 38.1 Å². The highest BCUT2D eigenvalue weighted by Gasteiger charge is 2.11. The van der Waals surface area contributed by atoms with Crippen molar-refractivity contribution in [2.75, 3.05) is 6.54 Å². The lowest BCUT2D eigenvalue weighted by Crippen LogP contribution is -2.15. The molecule has 0 aliphatic rings. The molecule has 1 aromatic heterocycles. The van der Waals surface area contributed by atoms with E-state index in [1.54, 1.807) is 0 Å². The second-order valence-electron chi connectivity index (χ2n) is 5.31. The molecule has 0 saturated carbocycles. The zero-order chi connectivity index (χ0) is 13.7. The summed E-state index contributed by atoms with van der Waals surface area (Å²) in [5, 5.41) is 0. The van der Waals surface area contributed by atoms with Gasteiger partial charge in [-0.3, -0.25) is 4.98 Å². The van der Waals surface area contributed by atoms with Gasteiger partial charge in [0, 0.05) is 18.3 Å². The predicted molar refractivity (Wildman–Crippen MR) is 80.3 cm³/mol. The quantitative estimate of drug-likeness (QED) is 0.887. The second kappa shape index (κ2) is 6.48. The summed E-state index contributed by atoms with van der Waals surface area (Å²) >= 11 is 0. The first-order chi connectivity index (χ1) is 9.20. The molecule has 0 amide bonds. The lowest BCUT2D eigenvalue weighted by molar-refractivity contribution is 0.692. The Balaban J connectivity index is 2.13. The number of rotatable bonds is 5. The molecule has 1 unspecified atom stereocenters. The fourth-order valence-electron chi connectivity index (χ4n) is 2.29. The number of hydrogen-bond donors (Lipinski definition) is 1. The van der Waals surface area contributed by atoms with Gasteiger partial charge in [-0.2, -0.15) is 0 Å². The van der Waals surface area contributed by atoms with Gasteiger partial charge in [0.1, 0.15) is 0 Å². The fraction of sp³-hybridized carbons (Fsp3) is 0.353. The van der Waals surface area contributed by atoms with Gasteiger partial charge in [0.15, 0.2) is 0 Å². The van der Waals surface area contributed by atoms with Gasteiger partial charge in [0.2, 0.25) is 0 Å². The van der Waals surface area contributed by atoms with E-state index in [1.165, 1.54) is 16.7 Å². The molecule has 2 N–H and O–H groups in total. The van der Waals surface area contributed by atoms with Crippen molar-refractivity contribution in [1.29, 1.82) is 0 Å². The Morgan fingerprint density at radius 3 is 2.05 bits per heavy atom. The Kier molecular flexibility index (Phi) is 4.69. The van der Waals surface area contributed by atoms with Crippen molar-refractivity contribution in [1.82, 2.24) is 4.98 Å². The van der Waals surface area contributed by atoms with E-state index in [9.17, 15) is 0 Å². The van der Waals surface area contributed by atoms with Crippen molar-refractivity contribution in [2.45, 2.75) is 32.1 Å². The Bertz CT molecular complexity index is 488. The molecule has 0 bridgehead atoms. The largest absolute Gasteiger partial charge is 0.330 e. The van der Waals surface area contributed by atoms with Gasteiger partial charge >= 0.3 is 0 Å². The molecule has 0 aliphatic heterocycles. The van der Waals surface area contributed by atoms with Gasteiger partial charge in [0.25, 0.3) is 0 Å². The molecule has 0 fully saturated rings. The highest BCUT2D eigenvalue weighted by atomic mass is 14.6. The number of pyridine rings is 1. The summed E-state index contributed by atoms with van der Waals surface area (Å²) in [4.78, 5) is 4.05. The fourth-order valence-corrected chi connectivity index (χ4v) is 2.29. The van der Waals surface area contributed by atoms with E-state index >= 15 is 0 Å². The van der Waals surface area contributed by atoms with E-state index in [2.05, 4.69) is 55.2 Å². The number of nitrogens with two attached hydrogens (primary N) is 1. The first-order valence-electron chi connectivity index (χ1n) is 6.89. The van der Waals surface area contributed by atoms with Crippen molar-refractivity contribution in [3.8, 4) is 0 Å². The van der Waals surface area contributed by atoms with Gasteiger partial charge in [-0.05, 0) is 47.7 Å². The van der Waals surface area contributed by atoms with Crippen LogP contribution in [0.4, 0.5) is 0 Å². The molecule has 0 spiro atoms. The van der Waals surface area contributed by atoms with Crippen LogP contribution in [0.25, 0.3) is 0 Å². The third kappa shape index (κ3) is 3.65. The van der Waals surface area contributed by atoms with Crippen LogP contribution in [0.2, 0.25) is 0 Å². The van der Waals surface area contributed by atoms with E-state index < -0.39 is 0 Å². The van der Waals surface area contributed by atoms with Crippen LogP contribution in [0.3, 0.4) is 0 Å². The van der Waals surface area contributed by atoms with Gasteiger partial charge in [0.05, 0.1) is 0 Å². The Morgan fingerprint density at radius 1 is 0.947 bits per heavy atom. The molecule has 19 heavy (non-hydrogen) atoms. The predicted octanol–water partition coefficient (Wildman–Crippen LogP) is 3.49. The van der Waals surface area contributed by atoms with Crippen LogP contribution < -0.4 is 5.73 Å². The number of aromatic nitrogens is 1. The third-order valence-corrected chi connectivity index (χ3v) is 3.59. The zero-order valence-corrected chi connectivity index (χ0v) is 11.7. The second-order valence-corrected chi connectivity index (χ2v) is 5.31. The highest BCUT2D eigenvalue weighted by molar-refractivity contribution is 5.29. The van der Waals surface area contributed by atoms with Crippen molar-refractivity contribution >= 4 is 0 Å². The summed E-state index contributed by atoms with van der Waals surface area (Å²) in [6, 6.07) is 13.0. The normalized spacial score (nSPS) is 12.6. The Morgan fingerprint density at radius 2 is 1.53 bits per heavy atom. The van der Waals surface area contributed by atoms with Crippen LogP contribution in [-0.4, -0.2) is 11.5 Å². The van der Waals surface area contributed by atoms with Crippen LogP contribution in [0.1, 0.15) is 42.4 Å². The first-order valence-corrected chi connectivity index (χ1v) is 6.89. The first kappa shape index (κ1) is 13.8. The van der Waals surface area contributed by atoms with Crippen LogP contribution in [0.5, 0.6) is 0 Å². The van der Waals surface area contributed by atoms with Crippen molar-refractivity contribution in [3.63, 3.8) is 0 Å². The van der Waals surface area contributed by atoms with Gasteiger partial charge in [-0.25, -0.2) is 0 Å². The highest BCUT2D eigenvalue weighted by Crippen LogP contribution is 2.22. The zero-order valence-electron chi connectivity index (χ0n) is 11.7. The minimum Gasteiger partial charge on any atom is -0.330 e. The Labute approximate surface area is 115 Å². The summed E-state index contributed by atoms with van der Waals surface area (Å²) in [5.41, 5.74) is 9.93. The number of benzene rings is 1. The van der Waals surface area contributed by atoms with Crippen LogP contribution >= 0.6 is 0 Å². The summed E-state index contributed by atoms with van der Waals surface area (Å²) < 4.78 is 0. The molecule has 2 heteroatoms. The number of nitrogens with zero attached hydrogens (tertiary/aromatic N) is 1. The maximum atomic E-state index is 5.93. The molecule has 0 radical (unpaired) electrons. The van der Waals surface area contributed by atoms with Crippen molar-refractivity contribution in [2.24, 2.45) is 5.73 Å². The molecule has 1 atom stereocenters. The smallest absolute Gasteiger partial charge is 0.0270 e. The summed E-state index contributed by atoms with van der Waals surface area (Å²) in [7, 11) is 0. The molecule has 2 nitrogen and oxygen atoms in total. The lowest BCUT2D eigenvalue weighted by Gasteiger charge is -2.16. The van der Waals surface area contributed by atoms with Crippen LogP contribution in [0.15, 0.2) is 48.8 Å². The molecular formula is C17H22N2. The van der Waals surface area contributed by atoms with Crippen molar-refractivity contribution < 1.29 is 0 Å². The molecule has 0 saturated heterocycles. The monoisotopic (exact) mass is 254 g/mol. The van der Waals surface area contributed by atoms with Crippen LogP contribution in [0, 0.1) is 0 Å². The van der Waals surface area contributed by atoms with E-state index in [0.29, 0.717) is 18.4 Å². The third-order valence-electron chi connectivity index (χ3n) is 3.59. The number of hydrogen-bond acceptors (Lipinski definition) is 2. The van der Waals surface area contributed by atoms with Crippen LogP contribution in [-0.2, 0) is 6.42 Å². The molecular weight excluding hydrogens is 232 g/mol. The topological polar surface area (TPSA) is 38.9 Å². The maximum Gasteiger partial charge on any atom is 0.0270 e.